The van der Waals surface area contributed by atoms with Crippen LogP contribution in [0.3, 0.4) is 0 Å². The van der Waals surface area contributed by atoms with E-state index in [-0.39, 0.29) is 28.9 Å². The van der Waals surface area contributed by atoms with Crippen LogP contribution in [0.2, 0.25) is 0 Å². The number of nitrogens with zero attached hydrogens (tertiary/aromatic N) is 2. The van der Waals surface area contributed by atoms with E-state index in [2.05, 4.69) is 10.2 Å². The van der Waals surface area contributed by atoms with Crippen LogP contribution in [0.5, 0.6) is 0 Å². The normalized spacial score (nSPS) is 17.6. The van der Waals surface area contributed by atoms with Crippen molar-refractivity contribution in [3.63, 3.8) is 0 Å². The minimum atomic E-state index is -0.368. The molecule has 1 fully saturated rings. The Bertz CT molecular complexity index is 597. The van der Waals surface area contributed by atoms with Crippen LogP contribution in [0.1, 0.15) is 36.8 Å². The van der Waals surface area contributed by atoms with Gasteiger partial charge in [0.2, 0.25) is 5.91 Å². The molecule has 1 amide bonds. The van der Waals surface area contributed by atoms with Crippen LogP contribution < -0.4 is 11.1 Å². The first-order valence-corrected chi connectivity index (χ1v) is 8.46. The van der Waals surface area contributed by atoms with E-state index in [0.29, 0.717) is 25.6 Å². The van der Waals surface area contributed by atoms with Crippen molar-refractivity contribution in [2.75, 3.05) is 19.6 Å². The van der Waals surface area contributed by atoms with Gasteiger partial charge in [-0.05, 0) is 37.4 Å². The number of nitrogens with one attached hydrogen (secondary N) is 1. The van der Waals surface area contributed by atoms with Crippen LogP contribution in [-0.4, -0.2) is 41.4 Å². The molecule has 1 unspecified atom stereocenters. The van der Waals surface area contributed by atoms with E-state index < -0.39 is 0 Å². The van der Waals surface area contributed by atoms with Gasteiger partial charge >= 0.3 is 0 Å². The molecule has 1 aromatic rings. The van der Waals surface area contributed by atoms with Crippen LogP contribution in [0.25, 0.3) is 0 Å². The van der Waals surface area contributed by atoms with Crippen molar-refractivity contribution in [2.24, 2.45) is 5.73 Å². The lowest BCUT2D eigenvalue weighted by molar-refractivity contribution is -0.384. The number of non-ortho nitro benzene ring substituents is 1. The predicted molar refractivity (Wildman–Crippen MR) is 99.8 cm³/mol. The van der Waals surface area contributed by atoms with Crippen molar-refractivity contribution in [1.82, 2.24) is 10.2 Å². The number of nitro groups is 1. The highest BCUT2D eigenvalue weighted by molar-refractivity contribution is 5.85. The molecule has 1 atom stereocenters. The minimum Gasteiger partial charge on any atom is -0.354 e. The van der Waals surface area contributed by atoms with E-state index >= 15 is 0 Å². The smallest absolute Gasteiger partial charge is 0.269 e. The zero-order valence-corrected chi connectivity index (χ0v) is 15.4. The molecule has 0 spiro atoms. The molecule has 25 heavy (non-hydrogen) atoms. The van der Waals surface area contributed by atoms with Crippen molar-refractivity contribution in [2.45, 2.75) is 45.2 Å². The van der Waals surface area contributed by atoms with Crippen LogP contribution in [0.4, 0.5) is 5.69 Å². The summed E-state index contributed by atoms with van der Waals surface area (Å²) in [6.07, 6.45) is 3.70. The third-order valence-electron chi connectivity index (χ3n) is 4.57. The van der Waals surface area contributed by atoms with Gasteiger partial charge in [-0.25, -0.2) is 0 Å². The molecule has 1 saturated heterocycles. The van der Waals surface area contributed by atoms with E-state index in [0.717, 1.165) is 43.5 Å². The zero-order chi connectivity index (χ0) is 17.5. The van der Waals surface area contributed by atoms with Gasteiger partial charge < -0.3 is 11.1 Å². The fraction of sp³-hybridized carbons (Fsp3) is 0.588. The lowest BCUT2D eigenvalue weighted by Gasteiger charge is -2.36. The number of hydrogen-bond donors (Lipinski definition) is 2. The number of hydrogen-bond acceptors (Lipinski definition) is 5. The van der Waals surface area contributed by atoms with Gasteiger partial charge in [0.1, 0.15) is 0 Å². The summed E-state index contributed by atoms with van der Waals surface area (Å²) in [5.41, 5.74) is 7.55. The number of aryl methyl sites for hydroxylation is 1. The summed E-state index contributed by atoms with van der Waals surface area (Å²) in [4.78, 5) is 24.5. The number of nitro benzene ring substituents is 1. The third kappa shape index (κ3) is 6.26. The lowest BCUT2D eigenvalue weighted by Crippen LogP contribution is -2.46. The molecule has 0 radical (unpaired) electrons. The Hall–Kier alpha value is -1.70. The van der Waals surface area contributed by atoms with E-state index in [1.807, 2.05) is 13.0 Å². The average Bonchev–Trinajstić information content (AvgIpc) is 2.56. The monoisotopic (exact) mass is 370 g/mol. The van der Waals surface area contributed by atoms with E-state index in [1.165, 1.54) is 0 Å². The minimum absolute atomic E-state index is 0. The van der Waals surface area contributed by atoms with E-state index in [4.69, 9.17) is 5.73 Å². The van der Waals surface area contributed by atoms with Gasteiger partial charge in [0.15, 0.2) is 0 Å². The SMILES string of the molecule is Cc1cc([N+](=O)[O-])ccc1CN1CCCCC1CNC(=O)CCN.Cl. The Morgan fingerprint density at radius 2 is 2.20 bits per heavy atom. The summed E-state index contributed by atoms with van der Waals surface area (Å²) in [6.45, 7) is 4.63. The molecule has 140 valence electrons. The first-order valence-electron chi connectivity index (χ1n) is 8.46. The van der Waals surface area contributed by atoms with Crippen molar-refractivity contribution >= 4 is 24.0 Å². The highest BCUT2D eigenvalue weighted by atomic mass is 35.5. The van der Waals surface area contributed by atoms with Gasteiger partial charge in [-0.2, -0.15) is 0 Å². The Kier molecular flexibility index (Phi) is 8.82. The summed E-state index contributed by atoms with van der Waals surface area (Å²) in [7, 11) is 0. The van der Waals surface area contributed by atoms with Gasteiger partial charge in [-0.15, -0.1) is 12.4 Å². The zero-order valence-electron chi connectivity index (χ0n) is 14.6. The molecule has 1 aliphatic rings. The molecule has 3 N–H and O–H groups in total. The molecule has 2 rings (SSSR count). The van der Waals surface area contributed by atoms with Crippen LogP contribution in [0.15, 0.2) is 18.2 Å². The summed E-state index contributed by atoms with van der Waals surface area (Å²) in [6, 6.07) is 5.32. The number of nitrogens with two attached hydrogens (primary N) is 1. The quantitative estimate of drug-likeness (QED) is 0.565. The van der Waals surface area contributed by atoms with Gasteiger partial charge in [0.05, 0.1) is 4.92 Å². The highest BCUT2D eigenvalue weighted by Gasteiger charge is 2.23. The summed E-state index contributed by atoms with van der Waals surface area (Å²) in [5, 5.41) is 13.8. The van der Waals surface area contributed by atoms with Crippen molar-refractivity contribution in [1.29, 1.82) is 0 Å². The largest absolute Gasteiger partial charge is 0.354 e. The molecule has 0 aromatic heterocycles. The Balaban J connectivity index is 0.00000312. The standard InChI is InChI=1S/C17H26N4O3.ClH/c1-13-10-15(21(23)24)6-5-14(13)12-20-9-3-2-4-16(20)11-19-17(22)7-8-18;/h5-6,10,16H,2-4,7-9,11-12,18H2,1H3,(H,19,22);1H. The molecule has 0 saturated carbocycles. The molecule has 1 aliphatic heterocycles. The molecule has 8 heteroatoms. The highest BCUT2D eigenvalue weighted by Crippen LogP contribution is 2.23. The molecule has 1 aromatic carbocycles. The van der Waals surface area contributed by atoms with Crippen molar-refractivity contribution in [3.8, 4) is 0 Å². The number of amides is 1. The second-order valence-corrected chi connectivity index (χ2v) is 6.33. The average molecular weight is 371 g/mol. The van der Waals surface area contributed by atoms with Crippen LogP contribution >= 0.6 is 12.4 Å². The molecule has 1 heterocycles. The fourth-order valence-corrected chi connectivity index (χ4v) is 3.14. The van der Waals surface area contributed by atoms with Crippen LogP contribution in [-0.2, 0) is 11.3 Å². The molecular formula is C17H27ClN4O3. The Morgan fingerprint density at radius 3 is 2.84 bits per heavy atom. The second kappa shape index (κ2) is 10.3. The number of likely N-dealkylation sites (tertiary alicyclic amines) is 1. The maximum absolute atomic E-state index is 11.6. The number of carbonyl (C=O) groups is 1. The second-order valence-electron chi connectivity index (χ2n) is 6.33. The molecule has 0 aliphatic carbocycles. The number of piperidine rings is 1. The molecule has 0 bridgehead atoms. The van der Waals surface area contributed by atoms with Gasteiger partial charge in [-0.3, -0.25) is 19.8 Å². The number of rotatable bonds is 7. The topological polar surface area (TPSA) is 102 Å². The third-order valence-corrected chi connectivity index (χ3v) is 4.57. The van der Waals surface area contributed by atoms with E-state index in [1.54, 1.807) is 12.1 Å². The lowest BCUT2D eigenvalue weighted by atomic mass is 9.99. The van der Waals surface area contributed by atoms with Crippen LogP contribution in [0, 0.1) is 17.0 Å². The van der Waals surface area contributed by atoms with Gasteiger partial charge in [-0.1, -0.05) is 12.5 Å². The molecule has 7 nitrogen and oxygen atoms in total. The maximum atomic E-state index is 11.6. The predicted octanol–water partition coefficient (Wildman–Crippen LogP) is 2.14. The van der Waals surface area contributed by atoms with Crippen molar-refractivity contribution in [3.05, 3.63) is 39.4 Å². The first-order chi connectivity index (χ1) is 11.5. The number of benzene rings is 1. The molecular weight excluding hydrogens is 344 g/mol. The summed E-state index contributed by atoms with van der Waals surface area (Å²) >= 11 is 0. The Morgan fingerprint density at radius 1 is 1.44 bits per heavy atom. The summed E-state index contributed by atoms with van der Waals surface area (Å²) in [5.74, 6) is -0.00506. The number of halogens is 1. The van der Waals surface area contributed by atoms with Gasteiger partial charge in [0.25, 0.3) is 5.69 Å². The first kappa shape index (κ1) is 21.3. The van der Waals surface area contributed by atoms with Gasteiger partial charge in [0, 0.05) is 44.2 Å². The Labute approximate surface area is 154 Å². The van der Waals surface area contributed by atoms with E-state index in [9.17, 15) is 14.9 Å². The fourth-order valence-electron chi connectivity index (χ4n) is 3.14. The number of carbonyl (C=O) groups excluding carboxylic acids is 1. The maximum Gasteiger partial charge on any atom is 0.269 e. The van der Waals surface area contributed by atoms with Crippen molar-refractivity contribution < 1.29 is 9.72 Å². The summed E-state index contributed by atoms with van der Waals surface area (Å²) < 4.78 is 0.